The summed E-state index contributed by atoms with van der Waals surface area (Å²) in [6.07, 6.45) is 5.19. The second-order valence-corrected chi connectivity index (χ2v) is 7.17. The summed E-state index contributed by atoms with van der Waals surface area (Å²) in [5.74, 6) is -1.01. The van der Waals surface area contributed by atoms with Crippen LogP contribution < -0.4 is 11.1 Å². The van der Waals surface area contributed by atoms with Crippen LogP contribution in [0.4, 0.5) is 15.9 Å². The van der Waals surface area contributed by atoms with E-state index in [1.807, 2.05) is 0 Å². The van der Waals surface area contributed by atoms with Crippen molar-refractivity contribution in [3.05, 3.63) is 60.2 Å². The number of likely N-dealkylation sites (tertiary alicyclic amines) is 1. The number of nitriles is 1. The van der Waals surface area contributed by atoms with E-state index in [0.717, 1.165) is 12.2 Å². The van der Waals surface area contributed by atoms with Crippen molar-refractivity contribution >= 4 is 17.4 Å². The van der Waals surface area contributed by atoms with Gasteiger partial charge in [-0.1, -0.05) is 0 Å². The number of piperidine rings is 1. The van der Waals surface area contributed by atoms with E-state index in [1.165, 1.54) is 30.7 Å². The molecule has 154 valence electrons. The number of carbonyl (C=O) groups is 1. The Bertz CT molecular complexity index is 1060. The van der Waals surface area contributed by atoms with E-state index >= 15 is 0 Å². The molecular formula is C20H20FN7O2. The third-order valence-corrected chi connectivity index (χ3v) is 5.15. The molecule has 2 aromatic heterocycles. The number of hydrogen-bond donors (Lipinski definition) is 2. The molecule has 3 aromatic rings. The molecule has 0 spiro atoms. The van der Waals surface area contributed by atoms with E-state index in [-0.39, 0.29) is 29.2 Å². The molecule has 1 amide bonds. The highest BCUT2D eigenvalue weighted by molar-refractivity contribution is 5.98. The summed E-state index contributed by atoms with van der Waals surface area (Å²) in [5, 5.41) is 17.1. The van der Waals surface area contributed by atoms with Crippen LogP contribution in [0, 0.1) is 23.1 Å². The Hall–Kier alpha value is -3.71. The van der Waals surface area contributed by atoms with Crippen LogP contribution in [0.25, 0.3) is 0 Å². The second-order valence-electron chi connectivity index (χ2n) is 7.17. The first-order valence-electron chi connectivity index (χ1n) is 9.44. The number of oxazole rings is 1. The fraction of sp³-hybridized carbons (Fsp3) is 0.300. The molecule has 30 heavy (non-hydrogen) atoms. The van der Waals surface area contributed by atoms with Crippen molar-refractivity contribution in [2.75, 3.05) is 18.4 Å². The molecule has 0 bridgehead atoms. The van der Waals surface area contributed by atoms with Gasteiger partial charge in [-0.25, -0.2) is 9.37 Å². The fourth-order valence-corrected chi connectivity index (χ4v) is 3.61. The third-order valence-electron chi connectivity index (χ3n) is 5.15. The summed E-state index contributed by atoms with van der Waals surface area (Å²) in [6.45, 7) is 1.89. The molecule has 3 N–H and O–H groups in total. The van der Waals surface area contributed by atoms with Crippen molar-refractivity contribution in [2.45, 2.75) is 19.0 Å². The van der Waals surface area contributed by atoms with Gasteiger partial charge in [-0.05, 0) is 37.2 Å². The van der Waals surface area contributed by atoms with Gasteiger partial charge >= 0.3 is 0 Å². The lowest BCUT2D eigenvalue weighted by atomic mass is 9.93. The zero-order valence-corrected chi connectivity index (χ0v) is 16.0. The molecule has 1 aliphatic rings. The summed E-state index contributed by atoms with van der Waals surface area (Å²) in [7, 11) is 0. The maximum atomic E-state index is 13.2. The predicted octanol–water partition coefficient (Wildman–Crippen LogP) is 2.44. The van der Waals surface area contributed by atoms with Crippen molar-refractivity contribution in [3.63, 3.8) is 0 Å². The van der Waals surface area contributed by atoms with Crippen LogP contribution in [0.3, 0.4) is 0 Å². The smallest absolute Gasteiger partial charge is 0.254 e. The predicted molar refractivity (Wildman–Crippen MR) is 105 cm³/mol. The van der Waals surface area contributed by atoms with E-state index in [0.29, 0.717) is 25.2 Å². The summed E-state index contributed by atoms with van der Waals surface area (Å²) in [5.41, 5.74) is 7.11. The number of primary amides is 1. The molecule has 1 aliphatic heterocycles. The quantitative estimate of drug-likeness (QED) is 0.640. The average Bonchev–Trinajstić information content (AvgIpc) is 3.40. The molecule has 4 rings (SSSR count). The Kier molecular flexibility index (Phi) is 5.45. The summed E-state index contributed by atoms with van der Waals surface area (Å²) in [4.78, 5) is 18.3. The number of anilines is 2. The molecule has 3 heterocycles. The minimum absolute atomic E-state index is 0.199. The topological polar surface area (TPSA) is 126 Å². The number of benzene rings is 1. The molecule has 1 saturated heterocycles. The van der Waals surface area contributed by atoms with Gasteiger partial charge in [0.05, 0.1) is 23.7 Å². The lowest BCUT2D eigenvalue weighted by molar-refractivity contribution is 0.1000. The first kappa shape index (κ1) is 19.6. The molecule has 0 saturated carbocycles. The van der Waals surface area contributed by atoms with Crippen molar-refractivity contribution in [2.24, 2.45) is 11.7 Å². The number of nitrogens with zero attached hydrogens (tertiary/aromatic N) is 5. The van der Waals surface area contributed by atoms with E-state index in [2.05, 4.69) is 26.4 Å². The van der Waals surface area contributed by atoms with Crippen LogP contribution in [-0.2, 0) is 6.54 Å². The molecular weight excluding hydrogens is 389 g/mol. The first-order valence-corrected chi connectivity index (χ1v) is 9.44. The van der Waals surface area contributed by atoms with Gasteiger partial charge in [0, 0.05) is 25.0 Å². The number of amides is 1. The van der Waals surface area contributed by atoms with Gasteiger partial charge in [-0.15, -0.1) is 0 Å². The highest BCUT2D eigenvalue weighted by atomic mass is 19.1. The number of nitrogens with one attached hydrogen (secondary N) is 1. The minimum Gasteiger partial charge on any atom is -0.451 e. The van der Waals surface area contributed by atoms with Crippen LogP contribution in [0.15, 0.2) is 47.5 Å². The van der Waals surface area contributed by atoms with Crippen molar-refractivity contribution in [3.8, 4) is 6.07 Å². The summed E-state index contributed by atoms with van der Waals surface area (Å²) >= 11 is 0. The Labute approximate surface area is 171 Å². The Morgan fingerprint density at radius 3 is 2.87 bits per heavy atom. The maximum Gasteiger partial charge on any atom is 0.254 e. The molecule has 9 nitrogen and oxygen atoms in total. The van der Waals surface area contributed by atoms with E-state index < -0.39 is 5.91 Å². The highest BCUT2D eigenvalue weighted by Gasteiger charge is 2.32. The number of nitrogens with two attached hydrogens (primary N) is 1. The average molecular weight is 409 g/mol. The van der Waals surface area contributed by atoms with Crippen molar-refractivity contribution < 1.29 is 13.6 Å². The van der Waals surface area contributed by atoms with Gasteiger partial charge in [0.2, 0.25) is 0 Å². The molecule has 0 radical (unpaired) electrons. The minimum atomic E-state index is -0.644. The zero-order valence-electron chi connectivity index (χ0n) is 16.0. The number of hydrogen-bond acceptors (Lipinski definition) is 7. The van der Waals surface area contributed by atoms with Crippen molar-refractivity contribution in [1.29, 1.82) is 5.26 Å². The Morgan fingerprint density at radius 2 is 2.20 bits per heavy atom. The van der Waals surface area contributed by atoms with E-state index in [1.54, 1.807) is 17.1 Å². The number of carbonyl (C=O) groups excluding carboxylic acids is 1. The molecule has 1 aromatic carbocycles. The summed E-state index contributed by atoms with van der Waals surface area (Å²) in [6, 6.07) is 7.76. The van der Waals surface area contributed by atoms with Gasteiger partial charge in [-0.3, -0.25) is 14.4 Å². The Balaban J connectivity index is 1.59. The summed E-state index contributed by atoms with van der Waals surface area (Å²) < 4.78 is 19.8. The molecule has 0 aliphatic carbocycles. The van der Waals surface area contributed by atoms with Crippen LogP contribution >= 0.6 is 0 Å². The highest BCUT2D eigenvalue weighted by Crippen LogP contribution is 2.30. The van der Waals surface area contributed by atoms with Crippen molar-refractivity contribution in [1.82, 2.24) is 19.7 Å². The first-order chi connectivity index (χ1) is 14.5. The van der Waals surface area contributed by atoms with Crippen LogP contribution in [0.1, 0.15) is 28.5 Å². The zero-order chi connectivity index (χ0) is 21.1. The maximum absolute atomic E-state index is 13.2. The van der Waals surface area contributed by atoms with Gasteiger partial charge in [0.15, 0.2) is 12.2 Å². The van der Waals surface area contributed by atoms with Gasteiger partial charge in [-0.2, -0.15) is 10.4 Å². The standard InChI is InChI=1S/C20H20FN7O2/c21-14-1-3-15(4-2-14)25-20-17(19(23)29)9-28(26-20)18-10-27(6-5-13(18)7-22)8-16-11-30-12-24-16/h1-4,9,11-13,18H,5-6,8,10H2,(H2,23,29)(H,25,26)/t13-,18+/m0/s1. The van der Waals surface area contributed by atoms with Crippen LogP contribution in [0.2, 0.25) is 0 Å². The molecule has 1 fully saturated rings. The van der Waals surface area contributed by atoms with Crippen LogP contribution in [0.5, 0.6) is 0 Å². The van der Waals surface area contributed by atoms with Gasteiger partial charge in [0.25, 0.3) is 5.91 Å². The van der Waals surface area contributed by atoms with Gasteiger partial charge < -0.3 is 15.5 Å². The van der Waals surface area contributed by atoms with Crippen LogP contribution in [-0.4, -0.2) is 38.7 Å². The number of rotatable bonds is 6. The molecule has 0 unspecified atom stereocenters. The number of aromatic nitrogens is 3. The lowest BCUT2D eigenvalue weighted by Crippen LogP contribution is -2.41. The lowest BCUT2D eigenvalue weighted by Gasteiger charge is -2.35. The number of halogens is 1. The monoisotopic (exact) mass is 409 g/mol. The normalized spacial score (nSPS) is 19.3. The fourth-order valence-electron chi connectivity index (χ4n) is 3.61. The second kappa shape index (κ2) is 8.34. The Morgan fingerprint density at radius 1 is 1.40 bits per heavy atom. The third kappa shape index (κ3) is 4.16. The van der Waals surface area contributed by atoms with Gasteiger partial charge in [0.1, 0.15) is 17.6 Å². The largest absolute Gasteiger partial charge is 0.451 e. The molecule has 10 heteroatoms. The van der Waals surface area contributed by atoms with E-state index in [4.69, 9.17) is 10.2 Å². The SMILES string of the molecule is N#C[C@@H]1CCN(Cc2cocn2)C[C@H]1n1cc(C(N)=O)c(Nc2ccc(F)cc2)n1. The van der Waals surface area contributed by atoms with E-state index in [9.17, 15) is 14.4 Å². The molecule has 2 atom stereocenters.